The number of ether oxygens (including phenoxy) is 2. The molecule has 3 N–H and O–H groups in total. The fraction of sp³-hybridized carbons (Fsp3) is 0.308. The number of amides is 3. The van der Waals surface area contributed by atoms with Crippen LogP contribution in [0.3, 0.4) is 0 Å². The molecule has 0 aromatic heterocycles. The van der Waals surface area contributed by atoms with E-state index in [0.717, 1.165) is 10.0 Å². The number of nitrogens with two attached hydrogens (primary N) is 1. The fourth-order valence-corrected chi connectivity index (χ4v) is 2.54. The molecule has 0 aliphatic rings. The molecule has 0 radical (unpaired) electrons. The van der Waals surface area contributed by atoms with E-state index in [4.69, 9.17) is 26.8 Å². The zero-order valence-electron chi connectivity index (χ0n) is 11.8. The summed E-state index contributed by atoms with van der Waals surface area (Å²) < 4.78 is 10.9. The number of rotatable bonds is 5. The maximum Gasteiger partial charge on any atom is 0.344 e. The van der Waals surface area contributed by atoms with Crippen LogP contribution in [0.2, 0.25) is 5.02 Å². The van der Waals surface area contributed by atoms with Crippen molar-refractivity contribution in [2.75, 3.05) is 6.61 Å². The minimum Gasteiger partial charge on any atom is -0.480 e. The minimum absolute atomic E-state index is 0.333. The summed E-state index contributed by atoms with van der Waals surface area (Å²) in [6.45, 7) is 2.63. The normalized spacial score (nSPS) is 11.5. The van der Waals surface area contributed by atoms with E-state index < -0.39 is 30.6 Å². The maximum atomic E-state index is 11.6. The van der Waals surface area contributed by atoms with Gasteiger partial charge in [-0.15, -0.1) is 0 Å². The molecule has 0 heterocycles. The second kappa shape index (κ2) is 8.00. The van der Waals surface area contributed by atoms with Crippen LogP contribution in [0.4, 0.5) is 4.79 Å². The summed E-state index contributed by atoms with van der Waals surface area (Å²) >= 11 is 9.29. The van der Waals surface area contributed by atoms with Gasteiger partial charge in [0, 0.05) is 4.47 Å². The van der Waals surface area contributed by atoms with Crippen LogP contribution in [0.5, 0.6) is 5.75 Å². The summed E-state index contributed by atoms with van der Waals surface area (Å²) in [5, 5.41) is 2.13. The van der Waals surface area contributed by atoms with Crippen LogP contribution in [0.15, 0.2) is 16.6 Å². The number of urea groups is 1. The topological polar surface area (TPSA) is 108 Å². The van der Waals surface area contributed by atoms with Gasteiger partial charge in [-0.05, 0) is 31.5 Å². The third kappa shape index (κ3) is 5.53. The van der Waals surface area contributed by atoms with E-state index in [1.807, 2.05) is 0 Å². The van der Waals surface area contributed by atoms with E-state index in [9.17, 15) is 14.4 Å². The van der Waals surface area contributed by atoms with Crippen LogP contribution in [-0.2, 0) is 14.3 Å². The van der Waals surface area contributed by atoms with E-state index in [0.29, 0.717) is 10.8 Å². The number of hydrogen-bond donors (Lipinski definition) is 2. The molecule has 0 saturated heterocycles. The largest absolute Gasteiger partial charge is 0.480 e. The Labute approximate surface area is 140 Å². The first-order valence-electron chi connectivity index (χ1n) is 6.09. The summed E-state index contributed by atoms with van der Waals surface area (Å²) in [6, 6.07) is 2.37. The van der Waals surface area contributed by atoms with Crippen molar-refractivity contribution in [1.82, 2.24) is 5.32 Å². The summed E-state index contributed by atoms with van der Waals surface area (Å²) in [7, 11) is 0. The molecule has 3 amide bonds. The van der Waals surface area contributed by atoms with Gasteiger partial charge in [-0.3, -0.25) is 10.1 Å². The van der Waals surface area contributed by atoms with Crippen molar-refractivity contribution < 1.29 is 23.9 Å². The lowest BCUT2D eigenvalue weighted by molar-refractivity contribution is -0.156. The molecule has 7 nitrogen and oxygen atoms in total. The first-order valence-corrected chi connectivity index (χ1v) is 7.26. The first kappa shape index (κ1) is 18.2. The zero-order chi connectivity index (χ0) is 16.9. The molecule has 22 heavy (non-hydrogen) atoms. The van der Waals surface area contributed by atoms with Gasteiger partial charge in [0.2, 0.25) is 0 Å². The average molecular weight is 394 g/mol. The molecule has 1 aromatic carbocycles. The lowest BCUT2D eigenvalue weighted by Gasteiger charge is -2.14. The molecule has 120 valence electrons. The zero-order valence-corrected chi connectivity index (χ0v) is 14.2. The van der Waals surface area contributed by atoms with Crippen LogP contribution in [-0.4, -0.2) is 30.6 Å². The van der Waals surface area contributed by atoms with E-state index in [1.165, 1.54) is 6.92 Å². The van der Waals surface area contributed by atoms with Gasteiger partial charge in [0.1, 0.15) is 5.75 Å². The summed E-state index contributed by atoms with van der Waals surface area (Å²) in [5.74, 6) is -1.26. The van der Waals surface area contributed by atoms with E-state index >= 15 is 0 Å². The van der Waals surface area contributed by atoms with Crippen molar-refractivity contribution in [3.8, 4) is 5.75 Å². The number of hydrogen-bond acceptors (Lipinski definition) is 5. The Kier molecular flexibility index (Phi) is 6.63. The number of nitrogens with one attached hydrogen (secondary N) is 1. The highest BCUT2D eigenvalue weighted by Crippen LogP contribution is 2.31. The SMILES string of the molecule is Cc1cc(Br)cc(Cl)c1OCC(=O)O[C@@H](C)C(=O)NC(N)=O. The Morgan fingerprint density at radius 1 is 1.41 bits per heavy atom. The molecule has 0 fully saturated rings. The van der Waals surface area contributed by atoms with Crippen LogP contribution in [0.1, 0.15) is 12.5 Å². The molecule has 0 unspecified atom stereocenters. The van der Waals surface area contributed by atoms with Crippen molar-refractivity contribution in [3.05, 3.63) is 27.2 Å². The molecule has 1 aromatic rings. The maximum absolute atomic E-state index is 11.6. The van der Waals surface area contributed by atoms with Gasteiger partial charge in [0.15, 0.2) is 12.7 Å². The van der Waals surface area contributed by atoms with Gasteiger partial charge in [0.25, 0.3) is 5.91 Å². The molecule has 0 aliphatic carbocycles. The average Bonchev–Trinajstić information content (AvgIpc) is 2.36. The molecule has 1 rings (SSSR count). The highest BCUT2D eigenvalue weighted by Gasteiger charge is 2.19. The van der Waals surface area contributed by atoms with E-state index in [-0.39, 0.29) is 0 Å². The smallest absolute Gasteiger partial charge is 0.344 e. The highest BCUT2D eigenvalue weighted by molar-refractivity contribution is 9.10. The quantitative estimate of drug-likeness (QED) is 0.743. The third-order valence-corrected chi connectivity index (χ3v) is 3.19. The van der Waals surface area contributed by atoms with E-state index in [2.05, 4.69) is 15.9 Å². The van der Waals surface area contributed by atoms with Gasteiger partial charge in [-0.1, -0.05) is 27.5 Å². The molecule has 0 bridgehead atoms. The lowest BCUT2D eigenvalue weighted by atomic mass is 10.2. The molecule has 0 spiro atoms. The number of imide groups is 1. The van der Waals surface area contributed by atoms with Gasteiger partial charge in [0.05, 0.1) is 5.02 Å². The monoisotopic (exact) mass is 392 g/mol. The van der Waals surface area contributed by atoms with Crippen LogP contribution < -0.4 is 15.8 Å². The second-order valence-corrected chi connectivity index (χ2v) is 5.63. The number of carbonyl (C=O) groups is 3. The minimum atomic E-state index is -1.18. The Bertz CT molecular complexity index is 585. The standard InChI is InChI=1S/C13H14BrClN2O5/c1-6-3-8(14)4-9(15)11(6)21-5-10(18)22-7(2)12(19)17-13(16)20/h3-4,7H,5H2,1-2H3,(H3,16,17,19,20)/t7-/m0/s1. The summed E-state index contributed by atoms with van der Waals surface area (Å²) in [5.41, 5.74) is 5.52. The first-order chi connectivity index (χ1) is 10.2. The van der Waals surface area contributed by atoms with E-state index in [1.54, 1.807) is 24.4 Å². The molecule has 1 atom stereocenters. The predicted molar refractivity (Wildman–Crippen MR) is 82.7 cm³/mol. The number of esters is 1. The highest BCUT2D eigenvalue weighted by atomic mass is 79.9. The molecule has 9 heteroatoms. The van der Waals surface area contributed by atoms with Gasteiger partial charge in [-0.25, -0.2) is 9.59 Å². The van der Waals surface area contributed by atoms with Crippen molar-refractivity contribution in [2.45, 2.75) is 20.0 Å². The second-order valence-electron chi connectivity index (χ2n) is 4.31. The van der Waals surface area contributed by atoms with Gasteiger partial charge in [-0.2, -0.15) is 0 Å². The predicted octanol–water partition coefficient (Wildman–Crippen LogP) is 1.92. The van der Waals surface area contributed by atoms with Crippen molar-refractivity contribution in [3.63, 3.8) is 0 Å². The van der Waals surface area contributed by atoms with Crippen LogP contribution in [0.25, 0.3) is 0 Å². The number of carbonyl (C=O) groups excluding carboxylic acids is 3. The molecular weight excluding hydrogens is 380 g/mol. The summed E-state index contributed by atoms with van der Waals surface area (Å²) in [6.07, 6.45) is -1.18. The molecule has 0 aliphatic heterocycles. The Morgan fingerprint density at radius 3 is 2.59 bits per heavy atom. The lowest BCUT2D eigenvalue weighted by Crippen LogP contribution is -2.42. The molecular formula is C13H14BrClN2O5. The fourth-order valence-electron chi connectivity index (χ4n) is 1.51. The van der Waals surface area contributed by atoms with Crippen LogP contribution in [0, 0.1) is 6.92 Å². The van der Waals surface area contributed by atoms with Crippen LogP contribution >= 0.6 is 27.5 Å². The molecule has 0 saturated carbocycles. The third-order valence-electron chi connectivity index (χ3n) is 2.45. The number of aryl methyl sites for hydroxylation is 1. The van der Waals surface area contributed by atoms with Gasteiger partial charge >= 0.3 is 12.0 Å². The number of halogens is 2. The van der Waals surface area contributed by atoms with Crippen molar-refractivity contribution in [1.29, 1.82) is 0 Å². The number of primary amides is 1. The van der Waals surface area contributed by atoms with Gasteiger partial charge < -0.3 is 15.2 Å². The van der Waals surface area contributed by atoms with Crippen molar-refractivity contribution in [2.24, 2.45) is 5.73 Å². The Hall–Kier alpha value is -1.80. The number of benzene rings is 1. The Morgan fingerprint density at radius 2 is 2.05 bits per heavy atom. The van der Waals surface area contributed by atoms with Crippen molar-refractivity contribution >= 4 is 45.4 Å². The Balaban J connectivity index is 2.57. The summed E-state index contributed by atoms with van der Waals surface area (Å²) in [4.78, 5) is 33.5.